The van der Waals surface area contributed by atoms with Crippen LogP contribution in [-0.4, -0.2) is 25.0 Å². The third kappa shape index (κ3) is 4.84. The van der Waals surface area contributed by atoms with Crippen LogP contribution in [0.5, 0.6) is 0 Å². The third-order valence-electron chi connectivity index (χ3n) is 2.50. The van der Waals surface area contributed by atoms with Crippen LogP contribution in [0.2, 0.25) is 0 Å². The molecule has 4 nitrogen and oxygen atoms in total. The van der Waals surface area contributed by atoms with Gasteiger partial charge in [0.25, 0.3) is 5.91 Å². The third-order valence-corrected chi connectivity index (χ3v) is 2.50. The van der Waals surface area contributed by atoms with Crippen LogP contribution in [-0.2, 0) is 14.3 Å². The molecule has 0 aliphatic rings. The van der Waals surface area contributed by atoms with Gasteiger partial charge in [-0.25, -0.2) is 4.79 Å². The SMILES string of the molecule is COC(=O)C(NC(=O)C#Cc1ccccc1)C(C)C. The highest BCUT2D eigenvalue weighted by atomic mass is 16.5. The number of ether oxygens (including phenoxy) is 1. The van der Waals surface area contributed by atoms with Gasteiger partial charge < -0.3 is 10.1 Å². The van der Waals surface area contributed by atoms with Crippen LogP contribution in [0.25, 0.3) is 0 Å². The highest BCUT2D eigenvalue weighted by Gasteiger charge is 2.24. The lowest BCUT2D eigenvalue weighted by molar-refractivity contribution is -0.145. The fourth-order valence-corrected chi connectivity index (χ4v) is 1.45. The van der Waals surface area contributed by atoms with Crippen molar-refractivity contribution in [1.82, 2.24) is 5.32 Å². The minimum atomic E-state index is -0.678. The fourth-order valence-electron chi connectivity index (χ4n) is 1.45. The molecule has 0 heterocycles. The van der Waals surface area contributed by atoms with Crippen molar-refractivity contribution in [2.75, 3.05) is 7.11 Å². The summed E-state index contributed by atoms with van der Waals surface area (Å²) < 4.78 is 4.64. The Morgan fingerprint density at radius 3 is 2.37 bits per heavy atom. The number of benzene rings is 1. The van der Waals surface area contributed by atoms with E-state index >= 15 is 0 Å². The van der Waals surface area contributed by atoms with Crippen molar-refractivity contribution in [3.63, 3.8) is 0 Å². The smallest absolute Gasteiger partial charge is 0.328 e. The molecule has 0 aliphatic heterocycles. The maximum Gasteiger partial charge on any atom is 0.328 e. The highest BCUT2D eigenvalue weighted by Crippen LogP contribution is 2.03. The topological polar surface area (TPSA) is 55.4 Å². The van der Waals surface area contributed by atoms with Crippen LogP contribution >= 0.6 is 0 Å². The lowest BCUT2D eigenvalue weighted by Gasteiger charge is -2.18. The standard InChI is InChI=1S/C15H17NO3/c1-11(2)14(15(18)19-3)16-13(17)10-9-12-7-5-4-6-8-12/h4-8,11,14H,1-3H3,(H,16,17). The van der Waals surface area contributed by atoms with Gasteiger partial charge in [-0.15, -0.1) is 0 Å². The van der Waals surface area contributed by atoms with Gasteiger partial charge in [-0.2, -0.15) is 0 Å². The number of rotatable bonds is 3. The molecule has 0 aliphatic carbocycles. The molecule has 0 fully saturated rings. The summed E-state index contributed by atoms with van der Waals surface area (Å²) in [4.78, 5) is 23.1. The van der Waals surface area contributed by atoms with Crippen molar-refractivity contribution in [2.24, 2.45) is 5.92 Å². The molecule has 0 aromatic heterocycles. The van der Waals surface area contributed by atoms with E-state index in [0.717, 1.165) is 5.56 Å². The zero-order chi connectivity index (χ0) is 14.3. The van der Waals surface area contributed by atoms with E-state index < -0.39 is 17.9 Å². The summed E-state index contributed by atoms with van der Waals surface area (Å²) >= 11 is 0. The van der Waals surface area contributed by atoms with Gasteiger partial charge in [0.2, 0.25) is 0 Å². The average Bonchev–Trinajstić information content (AvgIpc) is 2.42. The van der Waals surface area contributed by atoms with E-state index in [-0.39, 0.29) is 5.92 Å². The Bertz CT molecular complexity index is 497. The molecule has 0 saturated carbocycles. The lowest BCUT2D eigenvalue weighted by atomic mass is 10.0. The Kier molecular flexibility index (Phi) is 5.62. The molecule has 1 rings (SSSR count). The molecule has 19 heavy (non-hydrogen) atoms. The molecule has 0 bridgehead atoms. The van der Waals surface area contributed by atoms with Crippen LogP contribution in [0.4, 0.5) is 0 Å². The van der Waals surface area contributed by atoms with Crippen molar-refractivity contribution in [3.8, 4) is 11.8 Å². The van der Waals surface area contributed by atoms with Crippen LogP contribution in [0.1, 0.15) is 19.4 Å². The molecule has 1 amide bonds. The van der Waals surface area contributed by atoms with Gasteiger partial charge in [0.1, 0.15) is 6.04 Å². The molecular formula is C15H17NO3. The maximum atomic E-state index is 11.7. The summed E-state index contributed by atoms with van der Waals surface area (Å²) in [5.41, 5.74) is 0.747. The van der Waals surface area contributed by atoms with Crippen molar-refractivity contribution < 1.29 is 14.3 Å². The summed E-state index contributed by atoms with van der Waals surface area (Å²) in [6.07, 6.45) is 0. The van der Waals surface area contributed by atoms with Gasteiger partial charge in [0.15, 0.2) is 0 Å². The predicted molar refractivity (Wildman–Crippen MR) is 72.1 cm³/mol. The Hall–Kier alpha value is -2.28. The second kappa shape index (κ2) is 7.22. The van der Waals surface area contributed by atoms with Gasteiger partial charge >= 0.3 is 5.97 Å². The van der Waals surface area contributed by atoms with Crippen LogP contribution < -0.4 is 5.32 Å². The summed E-state index contributed by atoms with van der Waals surface area (Å²) in [6.45, 7) is 3.65. The minimum Gasteiger partial charge on any atom is -0.467 e. The zero-order valence-corrected chi connectivity index (χ0v) is 11.3. The minimum absolute atomic E-state index is 0.0603. The number of methoxy groups -OCH3 is 1. The first-order valence-electron chi connectivity index (χ1n) is 6.00. The van der Waals surface area contributed by atoms with Crippen molar-refractivity contribution in [3.05, 3.63) is 35.9 Å². The number of esters is 1. The van der Waals surface area contributed by atoms with Crippen LogP contribution in [0, 0.1) is 17.8 Å². The molecule has 1 aromatic rings. The summed E-state index contributed by atoms with van der Waals surface area (Å²) in [5, 5.41) is 2.55. The van der Waals surface area contributed by atoms with Crippen LogP contribution in [0.3, 0.4) is 0 Å². The Morgan fingerprint density at radius 1 is 1.21 bits per heavy atom. The fraction of sp³-hybridized carbons (Fsp3) is 0.333. The predicted octanol–water partition coefficient (Wildman–Crippen LogP) is 1.35. The number of hydrogen-bond donors (Lipinski definition) is 1. The quantitative estimate of drug-likeness (QED) is 0.658. The molecule has 4 heteroatoms. The largest absolute Gasteiger partial charge is 0.467 e. The van der Waals surface area contributed by atoms with Crippen LogP contribution in [0.15, 0.2) is 30.3 Å². The number of hydrogen-bond acceptors (Lipinski definition) is 3. The van der Waals surface area contributed by atoms with E-state index in [1.54, 1.807) is 12.1 Å². The summed E-state index contributed by atoms with van der Waals surface area (Å²) in [6, 6.07) is 8.49. The van der Waals surface area contributed by atoms with Crippen molar-refractivity contribution in [1.29, 1.82) is 0 Å². The van der Waals surface area contributed by atoms with Gasteiger partial charge in [-0.3, -0.25) is 4.79 Å². The normalized spacial score (nSPS) is 11.2. The molecule has 0 spiro atoms. The molecule has 0 saturated heterocycles. The molecular weight excluding hydrogens is 242 g/mol. The Morgan fingerprint density at radius 2 is 1.84 bits per heavy atom. The van der Waals surface area contributed by atoms with E-state index in [1.807, 2.05) is 32.0 Å². The van der Waals surface area contributed by atoms with Gasteiger partial charge in [-0.05, 0) is 18.1 Å². The van der Waals surface area contributed by atoms with E-state index in [1.165, 1.54) is 7.11 Å². The monoisotopic (exact) mass is 259 g/mol. The highest BCUT2D eigenvalue weighted by molar-refractivity contribution is 5.96. The first-order chi connectivity index (χ1) is 9.04. The number of carbonyl (C=O) groups excluding carboxylic acids is 2. The molecule has 1 N–H and O–H groups in total. The van der Waals surface area contributed by atoms with E-state index in [4.69, 9.17) is 0 Å². The van der Waals surface area contributed by atoms with Crippen molar-refractivity contribution in [2.45, 2.75) is 19.9 Å². The second-order valence-electron chi connectivity index (χ2n) is 4.33. The Labute approximate surface area is 113 Å². The lowest BCUT2D eigenvalue weighted by Crippen LogP contribution is -2.44. The second-order valence-corrected chi connectivity index (χ2v) is 4.33. The summed E-state index contributed by atoms with van der Waals surface area (Å²) in [7, 11) is 1.29. The molecule has 1 aromatic carbocycles. The number of nitrogens with one attached hydrogen (secondary N) is 1. The van der Waals surface area contributed by atoms with E-state index in [0.29, 0.717) is 0 Å². The molecule has 1 atom stereocenters. The van der Waals surface area contributed by atoms with E-state index in [2.05, 4.69) is 21.9 Å². The van der Waals surface area contributed by atoms with Gasteiger partial charge in [-0.1, -0.05) is 38.0 Å². The van der Waals surface area contributed by atoms with Gasteiger partial charge in [0.05, 0.1) is 7.11 Å². The Balaban J connectivity index is 2.69. The molecule has 0 radical (unpaired) electrons. The van der Waals surface area contributed by atoms with Gasteiger partial charge in [0, 0.05) is 11.5 Å². The zero-order valence-electron chi connectivity index (χ0n) is 11.3. The van der Waals surface area contributed by atoms with Crippen molar-refractivity contribution >= 4 is 11.9 Å². The number of amides is 1. The molecule has 100 valence electrons. The first kappa shape index (κ1) is 14.8. The average molecular weight is 259 g/mol. The first-order valence-corrected chi connectivity index (χ1v) is 6.00. The van der Waals surface area contributed by atoms with E-state index in [9.17, 15) is 9.59 Å². The number of carbonyl (C=O) groups is 2. The maximum absolute atomic E-state index is 11.7. The summed E-state index contributed by atoms with van der Waals surface area (Å²) in [5.74, 6) is 4.17. The molecule has 1 unspecified atom stereocenters.